The fraction of sp³-hybridized carbons (Fsp3) is 0.571. The Bertz CT molecular complexity index is 352. The summed E-state index contributed by atoms with van der Waals surface area (Å²) in [6.45, 7) is 6.46. The summed E-state index contributed by atoms with van der Waals surface area (Å²) in [6.07, 6.45) is 1.98. The molecule has 15 heavy (non-hydrogen) atoms. The molecule has 0 saturated heterocycles. The van der Waals surface area contributed by atoms with Crippen LogP contribution in [0.3, 0.4) is 0 Å². The van der Waals surface area contributed by atoms with Gasteiger partial charge in [0.15, 0.2) is 0 Å². The maximum absolute atomic E-state index is 10.3. The highest BCUT2D eigenvalue weighted by Gasteiger charge is 2.34. The van der Waals surface area contributed by atoms with Gasteiger partial charge < -0.3 is 5.11 Å². The highest BCUT2D eigenvalue weighted by molar-refractivity contribution is 5.37. The highest BCUT2D eigenvalue weighted by atomic mass is 16.3. The molecule has 2 unspecified atom stereocenters. The van der Waals surface area contributed by atoms with Gasteiger partial charge in [-0.25, -0.2) is 0 Å². The summed E-state index contributed by atoms with van der Waals surface area (Å²) >= 11 is 0. The van der Waals surface area contributed by atoms with Gasteiger partial charge in [-0.05, 0) is 42.7 Å². The van der Waals surface area contributed by atoms with Crippen LogP contribution < -0.4 is 0 Å². The van der Waals surface area contributed by atoms with Crippen molar-refractivity contribution < 1.29 is 5.11 Å². The highest BCUT2D eigenvalue weighted by Crippen LogP contribution is 2.43. The summed E-state index contributed by atoms with van der Waals surface area (Å²) in [4.78, 5) is 0. The van der Waals surface area contributed by atoms with Gasteiger partial charge in [0.1, 0.15) is 0 Å². The Balaban J connectivity index is 2.49. The zero-order valence-electron chi connectivity index (χ0n) is 9.83. The minimum Gasteiger partial charge on any atom is -0.385 e. The maximum atomic E-state index is 10.3. The molecule has 1 N–H and O–H groups in total. The van der Waals surface area contributed by atoms with Crippen LogP contribution in [-0.2, 0) is 5.60 Å². The summed E-state index contributed by atoms with van der Waals surface area (Å²) in [5.41, 5.74) is 1.86. The Morgan fingerprint density at radius 2 is 2.00 bits per heavy atom. The van der Waals surface area contributed by atoms with Gasteiger partial charge >= 0.3 is 0 Å². The molecule has 0 aliphatic heterocycles. The molecule has 0 spiro atoms. The molecule has 82 valence electrons. The van der Waals surface area contributed by atoms with E-state index in [4.69, 9.17) is 0 Å². The minimum atomic E-state index is -0.623. The van der Waals surface area contributed by atoms with Crippen LogP contribution in [0.5, 0.6) is 0 Å². The molecule has 1 aliphatic rings. The Morgan fingerprint density at radius 1 is 1.33 bits per heavy atom. The monoisotopic (exact) mass is 204 g/mol. The van der Waals surface area contributed by atoms with E-state index in [9.17, 15) is 5.11 Å². The lowest BCUT2D eigenvalue weighted by Gasteiger charge is -2.37. The lowest BCUT2D eigenvalue weighted by atomic mass is 9.71. The zero-order valence-corrected chi connectivity index (χ0v) is 9.83. The van der Waals surface area contributed by atoms with Gasteiger partial charge in [-0.15, -0.1) is 0 Å². The molecule has 2 atom stereocenters. The van der Waals surface area contributed by atoms with Crippen molar-refractivity contribution in [3.8, 4) is 0 Å². The molecule has 0 aromatic heterocycles. The standard InChI is InChI=1S/C14H20O/c1-10(2)11-8-9-14(3,15)13-7-5-4-6-12(11)13/h4-7,10-11,15H,8-9H2,1-3H3. The summed E-state index contributed by atoms with van der Waals surface area (Å²) in [6, 6.07) is 8.35. The van der Waals surface area contributed by atoms with Gasteiger partial charge in [0.2, 0.25) is 0 Å². The molecule has 1 aliphatic carbocycles. The van der Waals surface area contributed by atoms with Gasteiger partial charge in [-0.1, -0.05) is 38.1 Å². The summed E-state index contributed by atoms with van der Waals surface area (Å²) in [5, 5.41) is 10.3. The van der Waals surface area contributed by atoms with Gasteiger partial charge in [-0.2, -0.15) is 0 Å². The zero-order chi connectivity index (χ0) is 11.1. The largest absolute Gasteiger partial charge is 0.385 e. The molecule has 0 heterocycles. The topological polar surface area (TPSA) is 20.2 Å². The maximum Gasteiger partial charge on any atom is 0.0871 e. The Hall–Kier alpha value is -0.820. The third-order valence-corrected chi connectivity index (χ3v) is 3.69. The van der Waals surface area contributed by atoms with Crippen molar-refractivity contribution in [3.05, 3.63) is 35.4 Å². The molecule has 0 amide bonds. The van der Waals surface area contributed by atoms with Crippen LogP contribution in [0.4, 0.5) is 0 Å². The molecular weight excluding hydrogens is 184 g/mol. The first-order valence-electron chi connectivity index (χ1n) is 5.84. The summed E-state index contributed by atoms with van der Waals surface area (Å²) in [5.74, 6) is 1.27. The van der Waals surface area contributed by atoms with E-state index < -0.39 is 5.60 Å². The molecule has 1 nitrogen and oxygen atoms in total. The first-order valence-corrected chi connectivity index (χ1v) is 5.84. The van der Waals surface area contributed by atoms with Crippen LogP contribution in [0.1, 0.15) is 50.7 Å². The first kappa shape index (κ1) is 10.7. The van der Waals surface area contributed by atoms with Crippen LogP contribution in [0.2, 0.25) is 0 Å². The van der Waals surface area contributed by atoms with Crippen molar-refractivity contribution in [2.24, 2.45) is 5.92 Å². The van der Waals surface area contributed by atoms with Crippen molar-refractivity contribution in [2.45, 2.75) is 45.1 Å². The fourth-order valence-electron chi connectivity index (χ4n) is 2.73. The number of rotatable bonds is 1. The molecule has 0 radical (unpaired) electrons. The van der Waals surface area contributed by atoms with E-state index in [0.29, 0.717) is 11.8 Å². The second-order valence-corrected chi connectivity index (χ2v) is 5.25. The Kier molecular flexibility index (Phi) is 2.59. The lowest BCUT2D eigenvalue weighted by molar-refractivity contribution is 0.0319. The number of hydrogen-bond donors (Lipinski definition) is 1. The van der Waals surface area contributed by atoms with Crippen LogP contribution in [0, 0.1) is 5.92 Å². The average molecular weight is 204 g/mol. The number of aliphatic hydroxyl groups is 1. The normalized spacial score (nSPS) is 30.3. The first-order chi connectivity index (χ1) is 7.02. The molecule has 2 rings (SSSR count). The summed E-state index contributed by atoms with van der Waals surface area (Å²) < 4.78 is 0. The predicted molar refractivity (Wildman–Crippen MR) is 62.8 cm³/mol. The average Bonchev–Trinajstić information content (AvgIpc) is 2.17. The van der Waals surface area contributed by atoms with E-state index in [-0.39, 0.29) is 0 Å². The van der Waals surface area contributed by atoms with E-state index in [1.807, 2.05) is 13.0 Å². The third-order valence-electron chi connectivity index (χ3n) is 3.69. The van der Waals surface area contributed by atoms with Crippen molar-refractivity contribution in [2.75, 3.05) is 0 Å². The van der Waals surface area contributed by atoms with Gasteiger partial charge in [0.25, 0.3) is 0 Å². The summed E-state index contributed by atoms with van der Waals surface area (Å²) in [7, 11) is 0. The molecule has 1 aromatic carbocycles. The molecule has 0 saturated carbocycles. The van der Waals surface area contributed by atoms with Gasteiger partial charge in [0, 0.05) is 0 Å². The van der Waals surface area contributed by atoms with Crippen molar-refractivity contribution in [1.29, 1.82) is 0 Å². The lowest BCUT2D eigenvalue weighted by Crippen LogP contribution is -2.30. The van der Waals surface area contributed by atoms with Gasteiger partial charge in [-0.3, -0.25) is 0 Å². The fourth-order valence-corrected chi connectivity index (χ4v) is 2.73. The van der Waals surface area contributed by atoms with Gasteiger partial charge in [0.05, 0.1) is 5.60 Å². The predicted octanol–water partition coefficient (Wildman–Crippen LogP) is 3.43. The van der Waals surface area contributed by atoms with Crippen LogP contribution >= 0.6 is 0 Å². The van der Waals surface area contributed by atoms with E-state index >= 15 is 0 Å². The van der Waals surface area contributed by atoms with Crippen molar-refractivity contribution >= 4 is 0 Å². The molecule has 1 aromatic rings. The smallest absolute Gasteiger partial charge is 0.0871 e. The number of fused-ring (bicyclic) bond motifs is 1. The second kappa shape index (κ2) is 3.64. The molecule has 0 bridgehead atoms. The minimum absolute atomic E-state index is 0.612. The SMILES string of the molecule is CC(C)C1CCC(C)(O)c2ccccc21. The number of hydrogen-bond acceptors (Lipinski definition) is 1. The van der Waals surface area contributed by atoms with E-state index in [1.165, 1.54) is 5.56 Å². The van der Waals surface area contributed by atoms with Crippen molar-refractivity contribution in [3.63, 3.8) is 0 Å². The number of benzene rings is 1. The van der Waals surface area contributed by atoms with Crippen LogP contribution in [0.25, 0.3) is 0 Å². The molecular formula is C14H20O. The second-order valence-electron chi connectivity index (χ2n) is 5.25. The molecule has 1 heteroatoms. The van der Waals surface area contributed by atoms with Crippen LogP contribution in [0.15, 0.2) is 24.3 Å². The Morgan fingerprint density at radius 3 is 2.67 bits per heavy atom. The van der Waals surface area contributed by atoms with Crippen molar-refractivity contribution in [1.82, 2.24) is 0 Å². The van der Waals surface area contributed by atoms with E-state index in [2.05, 4.69) is 32.0 Å². The van der Waals surface area contributed by atoms with E-state index in [0.717, 1.165) is 18.4 Å². The Labute approximate surface area is 92.1 Å². The quantitative estimate of drug-likeness (QED) is 0.743. The third kappa shape index (κ3) is 1.81. The molecule has 0 fully saturated rings. The van der Waals surface area contributed by atoms with Crippen LogP contribution in [-0.4, -0.2) is 5.11 Å². The van der Waals surface area contributed by atoms with E-state index in [1.54, 1.807) is 0 Å².